The highest BCUT2D eigenvalue weighted by Crippen LogP contribution is 2.32. The first-order chi connectivity index (χ1) is 12.8. The minimum absolute atomic E-state index is 0.178. The summed E-state index contributed by atoms with van der Waals surface area (Å²) < 4.78 is 10.5. The lowest BCUT2D eigenvalue weighted by molar-refractivity contribution is 0.102. The number of amides is 1. The summed E-state index contributed by atoms with van der Waals surface area (Å²) in [6, 6.07) is 14.4. The maximum Gasteiger partial charge on any atom is 0.255 e. The van der Waals surface area contributed by atoms with Gasteiger partial charge in [0.25, 0.3) is 5.91 Å². The molecule has 0 saturated heterocycles. The van der Waals surface area contributed by atoms with E-state index in [0.29, 0.717) is 35.1 Å². The second-order valence-electron chi connectivity index (χ2n) is 5.63. The van der Waals surface area contributed by atoms with E-state index in [-0.39, 0.29) is 12.7 Å². The molecular formula is C19H16N4O3. The molecule has 2 aromatic heterocycles. The number of benzene rings is 1. The van der Waals surface area contributed by atoms with Crippen LogP contribution in [0, 0.1) is 0 Å². The van der Waals surface area contributed by atoms with Crippen LogP contribution < -0.4 is 20.1 Å². The fourth-order valence-electron chi connectivity index (χ4n) is 2.50. The van der Waals surface area contributed by atoms with Crippen LogP contribution in [0.15, 0.2) is 60.9 Å². The van der Waals surface area contributed by atoms with Crippen molar-refractivity contribution in [2.45, 2.75) is 6.54 Å². The number of anilines is 2. The van der Waals surface area contributed by atoms with Gasteiger partial charge in [-0.1, -0.05) is 6.07 Å². The normalized spacial score (nSPS) is 11.8. The van der Waals surface area contributed by atoms with E-state index in [0.717, 1.165) is 5.69 Å². The van der Waals surface area contributed by atoms with Crippen LogP contribution in [0.2, 0.25) is 0 Å². The number of carbonyl (C=O) groups excluding carboxylic acids is 1. The lowest BCUT2D eigenvalue weighted by Crippen LogP contribution is -2.12. The van der Waals surface area contributed by atoms with Gasteiger partial charge in [-0.25, -0.2) is 4.98 Å². The molecule has 130 valence electrons. The Morgan fingerprint density at radius 1 is 1.04 bits per heavy atom. The van der Waals surface area contributed by atoms with Crippen molar-refractivity contribution in [3.05, 3.63) is 72.2 Å². The summed E-state index contributed by atoms with van der Waals surface area (Å²) in [5, 5.41) is 6.00. The molecule has 1 aliphatic rings. The molecule has 0 radical (unpaired) electrons. The lowest BCUT2D eigenvalue weighted by atomic mass is 10.2. The maximum atomic E-state index is 12.4. The van der Waals surface area contributed by atoms with Crippen molar-refractivity contribution in [1.82, 2.24) is 9.97 Å². The van der Waals surface area contributed by atoms with Gasteiger partial charge >= 0.3 is 0 Å². The minimum Gasteiger partial charge on any atom is -0.454 e. The molecule has 7 heteroatoms. The predicted octanol–water partition coefficient (Wildman–Crippen LogP) is 3.07. The Hall–Kier alpha value is -3.61. The van der Waals surface area contributed by atoms with Crippen molar-refractivity contribution >= 4 is 17.4 Å². The fourth-order valence-corrected chi connectivity index (χ4v) is 2.50. The monoisotopic (exact) mass is 348 g/mol. The van der Waals surface area contributed by atoms with E-state index in [1.807, 2.05) is 18.2 Å². The quantitative estimate of drug-likeness (QED) is 0.737. The number of pyridine rings is 2. The van der Waals surface area contributed by atoms with Crippen LogP contribution in [-0.4, -0.2) is 22.7 Å². The lowest BCUT2D eigenvalue weighted by Gasteiger charge is -2.08. The highest BCUT2D eigenvalue weighted by molar-refractivity contribution is 6.04. The zero-order valence-corrected chi connectivity index (χ0v) is 13.8. The van der Waals surface area contributed by atoms with Gasteiger partial charge in [0, 0.05) is 11.8 Å². The number of nitrogens with zero attached hydrogens (tertiary/aromatic N) is 2. The highest BCUT2D eigenvalue weighted by atomic mass is 16.7. The van der Waals surface area contributed by atoms with Gasteiger partial charge in [0.2, 0.25) is 6.79 Å². The third-order valence-electron chi connectivity index (χ3n) is 3.83. The molecule has 0 saturated carbocycles. The average Bonchev–Trinajstić information content (AvgIpc) is 3.16. The van der Waals surface area contributed by atoms with Gasteiger partial charge in [0.15, 0.2) is 11.5 Å². The van der Waals surface area contributed by atoms with Gasteiger partial charge in [-0.3, -0.25) is 9.78 Å². The van der Waals surface area contributed by atoms with Crippen LogP contribution >= 0.6 is 0 Å². The maximum absolute atomic E-state index is 12.4. The Bertz CT molecular complexity index is 914. The third-order valence-corrected chi connectivity index (χ3v) is 3.83. The first kappa shape index (κ1) is 15.9. The Morgan fingerprint density at radius 2 is 1.96 bits per heavy atom. The molecule has 26 heavy (non-hydrogen) atoms. The molecule has 1 amide bonds. The van der Waals surface area contributed by atoms with E-state index in [9.17, 15) is 4.79 Å². The van der Waals surface area contributed by atoms with Crippen LogP contribution in [0.3, 0.4) is 0 Å². The van der Waals surface area contributed by atoms with Crippen molar-refractivity contribution in [3.8, 4) is 11.5 Å². The van der Waals surface area contributed by atoms with Gasteiger partial charge in [0.1, 0.15) is 5.82 Å². The molecule has 1 aliphatic heterocycles. The molecule has 0 atom stereocenters. The van der Waals surface area contributed by atoms with Crippen LogP contribution in [0.5, 0.6) is 11.5 Å². The Balaban J connectivity index is 1.37. The zero-order chi connectivity index (χ0) is 17.8. The number of fused-ring (bicyclic) bond motifs is 1. The van der Waals surface area contributed by atoms with E-state index in [2.05, 4.69) is 20.6 Å². The molecule has 0 spiro atoms. The summed E-state index contributed by atoms with van der Waals surface area (Å²) in [5.41, 5.74) is 2.03. The van der Waals surface area contributed by atoms with Crippen molar-refractivity contribution < 1.29 is 14.3 Å². The van der Waals surface area contributed by atoms with E-state index >= 15 is 0 Å². The first-order valence-corrected chi connectivity index (χ1v) is 8.09. The van der Waals surface area contributed by atoms with E-state index in [1.54, 1.807) is 42.7 Å². The average molecular weight is 348 g/mol. The molecule has 2 N–H and O–H groups in total. The molecule has 7 nitrogen and oxygen atoms in total. The first-order valence-electron chi connectivity index (χ1n) is 8.09. The van der Waals surface area contributed by atoms with E-state index < -0.39 is 0 Å². The largest absolute Gasteiger partial charge is 0.454 e. The van der Waals surface area contributed by atoms with Crippen LogP contribution in [-0.2, 0) is 6.54 Å². The van der Waals surface area contributed by atoms with Gasteiger partial charge in [-0.15, -0.1) is 0 Å². The number of hydrogen-bond donors (Lipinski definition) is 2. The number of hydrogen-bond acceptors (Lipinski definition) is 6. The minimum atomic E-state index is -0.237. The predicted molar refractivity (Wildman–Crippen MR) is 96.3 cm³/mol. The van der Waals surface area contributed by atoms with Gasteiger partial charge in [0.05, 0.1) is 24.1 Å². The molecular weight excluding hydrogens is 332 g/mol. The van der Waals surface area contributed by atoms with Crippen molar-refractivity contribution in [2.24, 2.45) is 0 Å². The summed E-state index contributed by atoms with van der Waals surface area (Å²) >= 11 is 0. The summed E-state index contributed by atoms with van der Waals surface area (Å²) in [5.74, 6) is 1.69. The van der Waals surface area contributed by atoms with E-state index in [4.69, 9.17) is 9.47 Å². The van der Waals surface area contributed by atoms with E-state index in [1.165, 1.54) is 0 Å². The van der Waals surface area contributed by atoms with Gasteiger partial charge in [-0.05, 0) is 42.5 Å². The Kier molecular flexibility index (Phi) is 4.34. The van der Waals surface area contributed by atoms with Crippen LogP contribution in [0.4, 0.5) is 11.5 Å². The summed E-state index contributed by atoms with van der Waals surface area (Å²) in [6.45, 7) is 0.758. The standard InChI is InChI=1S/C19H16N4O3/c24-19(13-4-6-16-17(9-13)26-12-25-16)23-15-5-7-18(22-11-15)21-10-14-3-1-2-8-20-14/h1-9,11H,10,12H2,(H,21,22)(H,23,24). The molecule has 0 unspecified atom stereocenters. The third kappa shape index (κ3) is 3.56. The molecule has 1 aromatic carbocycles. The number of ether oxygens (including phenoxy) is 2. The van der Waals surface area contributed by atoms with Crippen LogP contribution in [0.1, 0.15) is 16.1 Å². The van der Waals surface area contributed by atoms with Crippen LogP contribution in [0.25, 0.3) is 0 Å². The second kappa shape index (κ2) is 7.10. The number of aromatic nitrogens is 2. The molecule has 3 aromatic rings. The van der Waals surface area contributed by atoms with Crippen molar-refractivity contribution in [2.75, 3.05) is 17.4 Å². The summed E-state index contributed by atoms with van der Waals surface area (Å²) in [4.78, 5) is 20.9. The SMILES string of the molecule is O=C(Nc1ccc(NCc2ccccn2)nc1)c1ccc2c(c1)OCO2. The Morgan fingerprint density at radius 3 is 2.77 bits per heavy atom. The number of rotatable bonds is 5. The van der Waals surface area contributed by atoms with Gasteiger partial charge < -0.3 is 20.1 Å². The highest BCUT2D eigenvalue weighted by Gasteiger charge is 2.16. The second-order valence-corrected chi connectivity index (χ2v) is 5.63. The summed E-state index contributed by atoms with van der Waals surface area (Å²) in [6.07, 6.45) is 3.35. The zero-order valence-electron chi connectivity index (χ0n) is 13.8. The molecule has 0 bridgehead atoms. The van der Waals surface area contributed by atoms with Crippen molar-refractivity contribution in [1.29, 1.82) is 0 Å². The molecule has 4 rings (SSSR count). The fraction of sp³-hybridized carbons (Fsp3) is 0.105. The molecule has 0 aliphatic carbocycles. The van der Waals surface area contributed by atoms with Crippen molar-refractivity contribution in [3.63, 3.8) is 0 Å². The smallest absolute Gasteiger partial charge is 0.255 e. The number of nitrogens with one attached hydrogen (secondary N) is 2. The van der Waals surface area contributed by atoms with Gasteiger partial charge in [-0.2, -0.15) is 0 Å². The topological polar surface area (TPSA) is 85.4 Å². The number of carbonyl (C=O) groups is 1. The summed E-state index contributed by atoms with van der Waals surface area (Å²) in [7, 11) is 0. The molecule has 0 fully saturated rings. The Labute approximate surface area is 150 Å². The molecule has 3 heterocycles.